The molecule has 0 atom stereocenters. The second kappa shape index (κ2) is 4.67. The van der Waals surface area contributed by atoms with Crippen LogP contribution in [0.2, 0.25) is 0 Å². The zero-order valence-electron chi connectivity index (χ0n) is 9.20. The topological polar surface area (TPSA) is 87.0 Å². The predicted octanol–water partition coefficient (Wildman–Crippen LogP) is 2.02. The van der Waals surface area contributed by atoms with Gasteiger partial charge >= 0.3 is 5.97 Å². The highest BCUT2D eigenvalue weighted by Gasteiger charge is 2.18. The van der Waals surface area contributed by atoms with Gasteiger partial charge in [-0.15, -0.1) is 0 Å². The number of rotatable bonds is 2. The summed E-state index contributed by atoms with van der Waals surface area (Å²) in [4.78, 5) is 11.7. The van der Waals surface area contributed by atoms with Crippen molar-refractivity contribution in [2.75, 3.05) is 0 Å². The van der Waals surface area contributed by atoms with E-state index in [0.29, 0.717) is 0 Å². The van der Waals surface area contributed by atoms with E-state index < -0.39 is 5.97 Å². The van der Waals surface area contributed by atoms with Gasteiger partial charge in [-0.3, -0.25) is 0 Å². The molecule has 0 aliphatic heterocycles. The average Bonchev–Trinajstić information content (AvgIpc) is 2.28. The van der Waals surface area contributed by atoms with E-state index >= 15 is 0 Å². The Labute approximate surface area is 103 Å². The Morgan fingerprint density at radius 2 is 1.56 bits per heavy atom. The molecule has 0 saturated heterocycles. The Hall–Kier alpha value is -2.69. The first kappa shape index (κ1) is 11.8. The summed E-state index contributed by atoms with van der Waals surface area (Å²) in [5, 5.41) is 28.2. The maximum Gasteiger partial charge on any atom is 0.351 e. The molecule has 5 heteroatoms. The van der Waals surface area contributed by atoms with Crippen molar-refractivity contribution in [2.24, 2.45) is 0 Å². The fraction of sp³-hybridized carbons (Fsp3) is 0. The molecule has 18 heavy (non-hydrogen) atoms. The van der Waals surface area contributed by atoms with Crippen LogP contribution in [0.25, 0.3) is 0 Å². The van der Waals surface area contributed by atoms with Gasteiger partial charge in [-0.2, -0.15) is 0 Å². The van der Waals surface area contributed by atoms with E-state index in [0.717, 1.165) is 0 Å². The summed E-state index contributed by atoms with van der Waals surface area (Å²) in [5.74, 6) is -1.60. The molecule has 0 unspecified atom stereocenters. The molecule has 0 aliphatic carbocycles. The predicted molar refractivity (Wildman–Crippen MR) is 62.8 cm³/mol. The van der Waals surface area contributed by atoms with Crippen molar-refractivity contribution < 1.29 is 24.9 Å². The van der Waals surface area contributed by atoms with Crippen LogP contribution in [0.3, 0.4) is 0 Å². The van der Waals surface area contributed by atoms with Gasteiger partial charge in [0.2, 0.25) is 0 Å². The number of ether oxygens (including phenoxy) is 1. The lowest BCUT2D eigenvalue weighted by molar-refractivity contribution is 0.0728. The van der Waals surface area contributed by atoms with Gasteiger partial charge in [-0.25, -0.2) is 4.79 Å². The van der Waals surface area contributed by atoms with Crippen LogP contribution < -0.4 is 4.74 Å². The minimum atomic E-state index is -0.906. The lowest BCUT2D eigenvalue weighted by atomic mass is 10.2. The van der Waals surface area contributed by atoms with E-state index in [9.17, 15) is 20.1 Å². The number of phenolic OH excluding ortho intramolecular Hbond substituents is 3. The second-order valence-electron chi connectivity index (χ2n) is 3.56. The number of esters is 1. The molecule has 92 valence electrons. The standard InChI is InChI=1S/C13H10O5/c14-8-3-1-4-9(7-8)18-13(17)12-10(15)5-2-6-11(12)16/h1-7,14-16H. The van der Waals surface area contributed by atoms with Crippen molar-refractivity contribution in [1.29, 1.82) is 0 Å². The minimum absolute atomic E-state index is 0.0539. The summed E-state index contributed by atoms with van der Waals surface area (Å²) in [7, 11) is 0. The number of hydrogen-bond acceptors (Lipinski definition) is 5. The number of carbonyl (C=O) groups excluding carboxylic acids is 1. The van der Waals surface area contributed by atoms with E-state index in [1.807, 2.05) is 0 Å². The van der Waals surface area contributed by atoms with Gasteiger partial charge in [0, 0.05) is 6.07 Å². The molecule has 2 rings (SSSR count). The maximum atomic E-state index is 11.7. The van der Waals surface area contributed by atoms with E-state index in [1.165, 1.54) is 42.5 Å². The van der Waals surface area contributed by atoms with Gasteiger partial charge in [-0.05, 0) is 24.3 Å². The van der Waals surface area contributed by atoms with E-state index in [1.54, 1.807) is 0 Å². The van der Waals surface area contributed by atoms with Gasteiger partial charge in [0.25, 0.3) is 0 Å². The molecule has 3 N–H and O–H groups in total. The molecule has 0 fully saturated rings. The third-order valence-electron chi connectivity index (χ3n) is 2.25. The van der Waals surface area contributed by atoms with E-state index in [2.05, 4.69) is 0 Å². The molecule has 0 bridgehead atoms. The molecular formula is C13H10O5. The van der Waals surface area contributed by atoms with Crippen molar-refractivity contribution in [3.8, 4) is 23.0 Å². The molecule has 0 saturated carbocycles. The molecule has 0 radical (unpaired) electrons. The SMILES string of the molecule is O=C(Oc1cccc(O)c1)c1c(O)cccc1O. The van der Waals surface area contributed by atoms with E-state index in [4.69, 9.17) is 4.74 Å². The first-order chi connectivity index (χ1) is 8.58. The van der Waals surface area contributed by atoms with Crippen LogP contribution in [0, 0.1) is 0 Å². The highest BCUT2D eigenvalue weighted by molar-refractivity contribution is 5.96. The second-order valence-corrected chi connectivity index (χ2v) is 3.56. The number of phenols is 3. The molecular weight excluding hydrogens is 236 g/mol. The highest BCUT2D eigenvalue weighted by atomic mass is 16.5. The Bertz CT molecular complexity index is 571. The lowest BCUT2D eigenvalue weighted by Gasteiger charge is -2.07. The molecule has 0 aromatic heterocycles. The summed E-state index contributed by atoms with van der Waals surface area (Å²) < 4.78 is 4.92. The van der Waals surface area contributed by atoms with Gasteiger partial charge < -0.3 is 20.1 Å². The van der Waals surface area contributed by atoms with Crippen molar-refractivity contribution in [3.05, 3.63) is 48.0 Å². The van der Waals surface area contributed by atoms with Crippen LogP contribution in [-0.2, 0) is 0 Å². The van der Waals surface area contributed by atoms with Crippen molar-refractivity contribution in [2.45, 2.75) is 0 Å². The Morgan fingerprint density at radius 3 is 2.17 bits per heavy atom. The third-order valence-corrected chi connectivity index (χ3v) is 2.25. The van der Waals surface area contributed by atoms with Gasteiger partial charge in [-0.1, -0.05) is 12.1 Å². The van der Waals surface area contributed by atoms with Gasteiger partial charge in [0.05, 0.1) is 0 Å². The van der Waals surface area contributed by atoms with Gasteiger partial charge in [0.1, 0.15) is 28.6 Å². The molecule has 0 aliphatic rings. The summed E-state index contributed by atoms with van der Waals surface area (Å²) in [6.45, 7) is 0. The van der Waals surface area contributed by atoms with Crippen LogP contribution in [-0.4, -0.2) is 21.3 Å². The third kappa shape index (κ3) is 2.35. The quantitative estimate of drug-likeness (QED) is 0.557. The number of aromatic hydroxyl groups is 3. The summed E-state index contributed by atoms with van der Waals surface area (Å²) in [5.41, 5.74) is -0.319. The molecule has 2 aromatic rings. The fourth-order valence-corrected chi connectivity index (χ4v) is 1.44. The average molecular weight is 246 g/mol. The summed E-state index contributed by atoms with van der Waals surface area (Å²) >= 11 is 0. The van der Waals surface area contributed by atoms with Crippen molar-refractivity contribution in [3.63, 3.8) is 0 Å². The lowest BCUT2D eigenvalue weighted by Crippen LogP contribution is -2.08. The Balaban J connectivity index is 2.28. The Morgan fingerprint density at radius 1 is 0.944 bits per heavy atom. The minimum Gasteiger partial charge on any atom is -0.508 e. The molecule has 0 spiro atoms. The molecule has 0 heterocycles. The molecule has 2 aromatic carbocycles. The number of carbonyl (C=O) groups is 1. The van der Waals surface area contributed by atoms with Crippen LogP contribution in [0.15, 0.2) is 42.5 Å². The van der Waals surface area contributed by atoms with Crippen LogP contribution >= 0.6 is 0 Å². The largest absolute Gasteiger partial charge is 0.508 e. The number of hydrogen-bond donors (Lipinski definition) is 3. The fourth-order valence-electron chi connectivity index (χ4n) is 1.44. The normalized spacial score (nSPS) is 10.0. The van der Waals surface area contributed by atoms with Crippen molar-refractivity contribution in [1.82, 2.24) is 0 Å². The smallest absolute Gasteiger partial charge is 0.351 e. The highest BCUT2D eigenvalue weighted by Crippen LogP contribution is 2.28. The van der Waals surface area contributed by atoms with Crippen LogP contribution in [0.5, 0.6) is 23.0 Å². The monoisotopic (exact) mass is 246 g/mol. The Kier molecular flexibility index (Phi) is 3.05. The van der Waals surface area contributed by atoms with Crippen LogP contribution in [0.1, 0.15) is 10.4 Å². The van der Waals surface area contributed by atoms with E-state index in [-0.39, 0.29) is 28.6 Å². The van der Waals surface area contributed by atoms with Gasteiger partial charge in [0.15, 0.2) is 0 Å². The van der Waals surface area contributed by atoms with Crippen LogP contribution in [0.4, 0.5) is 0 Å². The molecule has 0 amide bonds. The molecule has 5 nitrogen and oxygen atoms in total. The number of benzene rings is 2. The zero-order chi connectivity index (χ0) is 13.1. The summed E-state index contributed by atoms with van der Waals surface area (Å²) in [6.07, 6.45) is 0. The maximum absolute atomic E-state index is 11.7. The first-order valence-corrected chi connectivity index (χ1v) is 5.10. The van der Waals surface area contributed by atoms with Crippen molar-refractivity contribution >= 4 is 5.97 Å². The summed E-state index contributed by atoms with van der Waals surface area (Å²) in [6, 6.07) is 9.56. The zero-order valence-corrected chi connectivity index (χ0v) is 9.20. The first-order valence-electron chi connectivity index (χ1n) is 5.10.